The molecule has 0 N–H and O–H groups in total. The number of carbonyl (C=O) groups is 1. The van der Waals surface area contributed by atoms with Gasteiger partial charge in [0.2, 0.25) is 5.91 Å². The molecule has 0 saturated carbocycles. The monoisotopic (exact) mass is 298 g/mol. The first-order valence-electron chi connectivity index (χ1n) is 7.79. The van der Waals surface area contributed by atoms with E-state index in [1.807, 2.05) is 35.2 Å². The van der Waals surface area contributed by atoms with Crippen molar-refractivity contribution in [1.82, 2.24) is 9.80 Å². The van der Waals surface area contributed by atoms with Gasteiger partial charge in [-0.2, -0.15) is 0 Å². The van der Waals surface area contributed by atoms with Crippen molar-refractivity contribution in [3.05, 3.63) is 60.1 Å². The summed E-state index contributed by atoms with van der Waals surface area (Å²) in [5.74, 6) is 1.08. The fourth-order valence-electron chi connectivity index (χ4n) is 3.01. The Kier molecular flexibility index (Phi) is 4.59. The standard InChI is InChI=1S/C18H22N2O2/c1-19-11-12-20(17(14-19)15-6-3-2-4-7-15)18(21)10-9-16-8-5-13-22-16/h2-8,13,17H,9-12,14H2,1H3/t17-/m0/s1. The minimum absolute atomic E-state index is 0.143. The molecule has 1 aromatic carbocycles. The third-order valence-electron chi connectivity index (χ3n) is 4.25. The lowest BCUT2D eigenvalue weighted by atomic mass is 10.0. The Morgan fingerprint density at radius 3 is 2.73 bits per heavy atom. The summed E-state index contributed by atoms with van der Waals surface area (Å²) >= 11 is 0. The van der Waals surface area contributed by atoms with E-state index in [0.29, 0.717) is 12.8 Å². The molecule has 1 saturated heterocycles. The van der Waals surface area contributed by atoms with Crippen molar-refractivity contribution in [2.24, 2.45) is 0 Å². The number of carbonyl (C=O) groups excluding carboxylic acids is 1. The van der Waals surface area contributed by atoms with Crippen LogP contribution in [-0.4, -0.2) is 42.4 Å². The Labute approximate surface area is 131 Å². The molecule has 1 fully saturated rings. The molecule has 1 atom stereocenters. The molecule has 0 bridgehead atoms. The second-order valence-corrected chi connectivity index (χ2v) is 5.86. The van der Waals surface area contributed by atoms with Gasteiger partial charge in [-0.15, -0.1) is 0 Å². The molecule has 1 amide bonds. The molecule has 1 aliphatic rings. The van der Waals surface area contributed by atoms with Crippen molar-refractivity contribution in [2.45, 2.75) is 18.9 Å². The van der Waals surface area contributed by atoms with Crippen LogP contribution in [0.4, 0.5) is 0 Å². The quantitative estimate of drug-likeness (QED) is 0.871. The van der Waals surface area contributed by atoms with E-state index in [1.54, 1.807) is 6.26 Å². The van der Waals surface area contributed by atoms with Gasteiger partial charge < -0.3 is 14.2 Å². The maximum atomic E-state index is 12.6. The lowest BCUT2D eigenvalue weighted by Crippen LogP contribution is -2.49. The summed E-state index contributed by atoms with van der Waals surface area (Å²) in [6.07, 6.45) is 2.82. The first kappa shape index (κ1) is 14.9. The normalized spacial score (nSPS) is 19.3. The van der Waals surface area contributed by atoms with E-state index < -0.39 is 0 Å². The van der Waals surface area contributed by atoms with Crippen molar-refractivity contribution in [3.8, 4) is 0 Å². The van der Waals surface area contributed by atoms with Gasteiger partial charge >= 0.3 is 0 Å². The average Bonchev–Trinajstić information content (AvgIpc) is 3.07. The van der Waals surface area contributed by atoms with Crippen LogP contribution in [0.5, 0.6) is 0 Å². The zero-order valence-corrected chi connectivity index (χ0v) is 12.9. The summed E-state index contributed by atoms with van der Waals surface area (Å²) in [6, 6.07) is 14.2. The van der Waals surface area contributed by atoms with Gasteiger partial charge in [0.1, 0.15) is 5.76 Å². The van der Waals surface area contributed by atoms with Crippen LogP contribution in [0.15, 0.2) is 53.1 Å². The Morgan fingerprint density at radius 1 is 1.18 bits per heavy atom. The highest BCUT2D eigenvalue weighted by Gasteiger charge is 2.29. The van der Waals surface area contributed by atoms with Gasteiger partial charge in [0, 0.05) is 32.5 Å². The summed E-state index contributed by atoms with van der Waals surface area (Å²) in [5, 5.41) is 0. The van der Waals surface area contributed by atoms with Crippen molar-refractivity contribution in [1.29, 1.82) is 0 Å². The van der Waals surface area contributed by atoms with E-state index in [0.717, 1.165) is 25.4 Å². The molecule has 3 rings (SSSR count). The largest absolute Gasteiger partial charge is 0.469 e. The average molecular weight is 298 g/mol. The third kappa shape index (κ3) is 3.39. The zero-order valence-electron chi connectivity index (χ0n) is 12.9. The fourth-order valence-corrected chi connectivity index (χ4v) is 3.01. The van der Waals surface area contributed by atoms with Crippen LogP contribution < -0.4 is 0 Å². The van der Waals surface area contributed by atoms with Gasteiger partial charge in [-0.1, -0.05) is 30.3 Å². The molecule has 0 aliphatic carbocycles. The fraction of sp³-hybridized carbons (Fsp3) is 0.389. The molecule has 116 valence electrons. The molecule has 0 spiro atoms. The summed E-state index contributed by atoms with van der Waals surface area (Å²) < 4.78 is 5.32. The number of amides is 1. The van der Waals surface area contributed by atoms with Crippen LogP contribution in [0.1, 0.15) is 23.8 Å². The molecule has 4 heteroatoms. The molecular formula is C18H22N2O2. The molecule has 0 unspecified atom stereocenters. The smallest absolute Gasteiger partial charge is 0.223 e. The third-order valence-corrected chi connectivity index (χ3v) is 4.25. The number of benzene rings is 1. The molecular weight excluding hydrogens is 276 g/mol. The minimum atomic E-state index is 0.143. The van der Waals surface area contributed by atoms with E-state index in [4.69, 9.17) is 4.42 Å². The van der Waals surface area contributed by atoms with E-state index in [9.17, 15) is 4.79 Å². The Balaban J connectivity index is 1.70. The Bertz CT molecular complexity index is 595. The first-order chi connectivity index (χ1) is 10.7. The second kappa shape index (κ2) is 6.79. The van der Waals surface area contributed by atoms with E-state index in [2.05, 4.69) is 24.1 Å². The van der Waals surface area contributed by atoms with Crippen molar-refractivity contribution >= 4 is 5.91 Å². The second-order valence-electron chi connectivity index (χ2n) is 5.86. The minimum Gasteiger partial charge on any atom is -0.469 e. The number of aryl methyl sites for hydroxylation is 1. The number of furan rings is 1. The lowest BCUT2D eigenvalue weighted by molar-refractivity contribution is -0.136. The van der Waals surface area contributed by atoms with Crippen LogP contribution in [0.3, 0.4) is 0 Å². The molecule has 22 heavy (non-hydrogen) atoms. The number of rotatable bonds is 4. The summed E-state index contributed by atoms with van der Waals surface area (Å²) in [4.78, 5) is 17.0. The van der Waals surface area contributed by atoms with Crippen LogP contribution >= 0.6 is 0 Å². The maximum absolute atomic E-state index is 12.6. The highest BCUT2D eigenvalue weighted by atomic mass is 16.3. The van der Waals surface area contributed by atoms with Gasteiger partial charge in [-0.3, -0.25) is 4.79 Å². The van der Waals surface area contributed by atoms with Gasteiger partial charge in [0.25, 0.3) is 0 Å². The molecule has 1 aromatic heterocycles. The topological polar surface area (TPSA) is 36.7 Å². The molecule has 2 heterocycles. The zero-order chi connectivity index (χ0) is 15.4. The number of hydrogen-bond donors (Lipinski definition) is 0. The van der Waals surface area contributed by atoms with Gasteiger partial charge in [0.05, 0.1) is 12.3 Å². The van der Waals surface area contributed by atoms with Crippen LogP contribution in [0.2, 0.25) is 0 Å². The Morgan fingerprint density at radius 2 is 2.00 bits per heavy atom. The van der Waals surface area contributed by atoms with Gasteiger partial charge in [0.15, 0.2) is 0 Å². The number of hydrogen-bond acceptors (Lipinski definition) is 3. The summed E-state index contributed by atoms with van der Waals surface area (Å²) in [7, 11) is 2.11. The van der Waals surface area contributed by atoms with Crippen molar-refractivity contribution in [2.75, 3.05) is 26.7 Å². The van der Waals surface area contributed by atoms with Crippen molar-refractivity contribution in [3.63, 3.8) is 0 Å². The van der Waals surface area contributed by atoms with Gasteiger partial charge in [-0.25, -0.2) is 0 Å². The lowest BCUT2D eigenvalue weighted by Gasteiger charge is -2.40. The van der Waals surface area contributed by atoms with Crippen LogP contribution in [0, 0.1) is 0 Å². The predicted molar refractivity (Wildman–Crippen MR) is 85.4 cm³/mol. The van der Waals surface area contributed by atoms with E-state index in [1.165, 1.54) is 5.56 Å². The molecule has 0 radical (unpaired) electrons. The SMILES string of the molecule is CN1CCN(C(=O)CCc2ccco2)[C@H](c2ccccc2)C1. The van der Waals surface area contributed by atoms with E-state index in [-0.39, 0.29) is 11.9 Å². The predicted octanol–water partition coefficient (Wildman–Crippen LogP) is 2.73. The highest BCUT2D eigenvalue weighted by molar-refractivity contribution is 5.77. The molecule has 4 nitrogen and oxygen atoms in total. The van der Waals surface area contributed by atoms with Crippen LogP contribution in [0.25, 0.3) is 0 Å². The summed E-state index contributed by atoms with van der Waals surface area (Å²) in [5.41, 5.74) is 1.21. The first-order valence-corrected chi connectivity index (χ1v) is 7.79. The Hall–Kier alpha value is -2.07. The van der Waals surface area contributed by atoms with E-state index >= 15 is 0 Å². The summed E-state index contributed by atoms with van der Waals surface area (Å²) in [6.45, 7) is 2.60. The van der Waals surface area contributed by atoms with Gasteiger partial charge in [-0.05, 0) is 24.7 Å². The molecule has 1 aliphatic heterocycles. The molecule has 2 aromatic rings. The maximum Gasteiger partial charge on any atom is 0.223 e. The number of piperazine rings is 1. The highest BCUT2D eigenvalue weighted by Crippen LogP contribution is 2.25. The van der Waals surface area contributed by atoms with Crippen LogP contribution in [-0.2, 0) is 11.2 Å². The number of likely N-dealkylation sites (N-methyl/N-ethyl adjacent to an activating group) is 1. The number of nitrogens with zero attached hydrogens (tertiary/aromatic N) is 2. The van der Waals surface area contributed by atoms with Crippen molar-refractivity contribution < 1.29 is 9.21 Å².